The second-order valence-electron chi connectivity index (χ2n) is 3.60. The van der Waals surface area contributed by atoms with Crippen molar-refractivity contribution in [1.29, 1.82) is 0 Å². The zero-order chi connectivity index (χ0) is 12.1. The number of hydrogen-bond donors (Lipinski definition) is 0. The zero-order valence-corrected chi connectivity index (χ0v) is 9.75. The summed E-state index contributed by atoms with van der Waals surface area (Å²) in [6, 6.07) is 7.40. The van der Waals surface area contributed by atoms with Gasteiger partial charge in [0.25, 0.3) is 0 Å². The fraction of sp³-hybridized carbons (Fsp3) is 0.167. The summed E-state index contributed by atoms with van der Waals surface area (Å²) < 4.78 is 10.5. The average molecular weight is 227 g/mol. The predicted molar refractivity (Wildman–Crippen MR) is 65.0 cm³/mol. The van der Waals surface area contributed by atoms with Crippen LogP contribution in [0.15, 0.2) is 36.7 Å². The maximum atomic E-state index is 5.26. The molecular formula is C12H12BN2O2. The zero-order valence-electron chi connectivity index (χ0n) is 9.75. The fourth-order valence-corrected chi connectivity index (χ4v) is 1.18. The summed E-state index contributed by atoms with van der Waals surface area (Å²) in [5.74, 6) is 1.27. The highest BCUT2D eigenvalue weighted by Gasteiger charge is 2.01. The lowest BCUT2D eigenvalue weighted by Gasteiger charge is -2.05. The second kappa shape index (κ2) is 5.34. The highest BCUT2D eigenvalue weighted by molar-refractivity contribution is 6.20. The summed E-state index contributed by atoms with van der Waals surface area (Å²) in [7, 11) is 1.26. The Hall–Kier alpha value is -2.04. The van der Waals surface area contributed by atoms with E-state index in [9.17, 15) is 0 Å². The molecular weight excluding hydrogens is 215 g/mol. The van der Waals surface area contributed by atoms with Crippen molar-refractivity contribution in [2.24, 2.45) is 0 Å². The van der Waals surface area contributed by atoms with Crippen LogP contribution in [0.2, 0.25) is 0 Å². The molecule has 2 heterocycles. The van der Waals surface area contributed by atoms with Crippen LogP contribution < -0.4 is 9.31 Å². The normalized spacial score (nSPS) is 9.76. The van der Waals surface area contributed by atoms with Crippen LogP contribution in [0, 0.1) is 13.8 Å². The summed E-state index contributed by atoms with van der Waals surface area (Å²) in [4.78, 5) is 8.21. The first-order chi connectivity index (χ1) is 8.24. The third-order valence-corrected chi connectivity index (χ3v) is 2.14. The number of rotatable bonds is 4. The van der Waals surface area contributed by atoms with Crippen molar-refractivity contribution in [3.05, 3.63) is 48.0 Å². The van der Waals surface area contributed by atoms with E-state index in [0.29, 0.717) is 11.5 Å². The second-order valence-corrected chi connectivity index (χ2v) is 3.60. The van der Waals surface area contributed by atoms with Crippen molar-refractivity contribution >= 4 is 7.69 Å². The number of aromatic nitrogens is 2. The van der Waals surface area contributed by atoms with Gasteiger partial charge in [0.15, 0.2) is 0 Å². The van der Waals surface area contributed by atoms with Gasteiger partial charge in [-0.2, -0.15) is 0 Å². The van der Waals surface area contributed by atoms with E-state index >= 15 is 0 Å². The smallest absolute Gasteiger partial charge is 0.525 e. The van der Waals surface area contributed by atoms with E-state index in [1.54, 1.807) is 12.4 Å². The van der Waals surface area contributed by atoms with Crippen molar-refractivity contribution in [1.82, 2.24) is 9.97 Å². The molecule has 0 aliphatic heterocycles. The van der Waals surface area contributed by atoms with Gasteiger partial charge in [0.2, 0.25) is 0 Å². The molecule has 17 heavy (non-hydrogen) atoms. The van der Waals surface area contributed by atoms with Crippen molar-refractivity contribution in [2.45, 2.75) is 13.8 Å². The van der Waals surface area contributed by atoms with Gasteiger partial charge in [-0.25, -0.2) is 0 Å². The molecule has 0 spiro atoms. The van der Waals surface area contributed by atoms with E-state index in [1.165, 1.54) is 7.69 Å². The van der Waals surface area contributed by atoms with Crippen molar-refractivity contribution in [2.75, 3.05) is 0 Å². The number of pyridine rings is 2. The Kier molecular flexibility index (Phi) is 3.60. The molecule has 0 saturated carbocycles. The summed E-state index contributed by atoms with van der Waals surface area (Å²) in [6.07, 6.45) is 3.28. The summed E-state index contributed by atoms with van der Waals surface area (Å²) in [5, 5.41) is 0. The molecule has 2 aromatic rings. The van der Waals surface area contributed by atoms with Gasteiger partial charge in [-0.05, 0) is 38.1 Å². The molecule has 0 aliphatic carbocycles. The minimum atomic E-state index is 0.635. The van der Waals surface area contributed by atoms with Gasteiger partial charge in [-0.1, -0.05) is 0 Å². The van der Waals surface area contributed by atoms with E-state index in [2.05, 4.69) is 9.97 Å². The van der Waals surface area contributed by atoms with Crippen molar-refractivity contribution < 1.29 is 9.31 Å². The third kappa shape index (κ3) is 3.48. The van der Waals surface area contributed by atoms with E-state index in [4.69, 9.17) is 9.31 Å². The van der Waals surface area contributed by atoms with Gasteiger partial charge in [-0.15, -0.1) is 0 Å². The molecule has 2 rings (SSSR count). The molecule has 0 atom stereocenters. The minimum Gasteiger partial charge on any atom is -0.525 e. The first kappa shape index (κ1) is 11.5. The number of hydrogen-bond acceptors (Lipinski definition) is 4. The quantitative estimate of drug-likeness (QED) is 0.750. The SMILES string of the molecule is Cc1ccc(O[B]Oc2ccc(C)nc2)cn1. The molecule has 0 fully saturated rings. The molecule has 4 nitrogen and oxygen atoms in total. The summed E-state index contributed by atoms with van der Waals surface area (Å²) >= 11 is 0. The van der Waals surface area contributed by atoms with Crippen LogP contribution in [-0.2, 0) is 0 Å². The minimum absolute atomic E-state index is 0.635. The van der Waals surface area contributed by atoms with Crippen molar-refractivity contribution in [3.8, 4) is 11.5 Å². The Balaban J connectivity index is 1.83. The molecule has 1 radical (unpaired) electrons. The van der Waals surface area contributed by atoms with Gasteiger partial charge in [0, 0.05) is 11.4 Å². The van der Waals surface area contributed by atoms with Crippen LogP contribution in [0.5, 0.6) is 11.5 Å². The Morgan fingerprint density at radius 2 is 1.29 bits per heavy atom. The first-order valence-corrected chi connectivity index (χ1v) is 5.24. The van der Waals surface area contributed by atoms with Crippen LogP contribution in [0.1, 0.15) is 11.4 Å². The largest absolute Gasteiger partial charge is 0.658 e. The van der Waals surface area contributed by atoms with Crippen LogP contribution in [-0.4, -0.2) is 17.7 Å². The molecule has 0 aromatic carbocycles. The van der Waals surface area contributed by atoms with E-state index in [-0.39, 0.29) is 0 Å². The van der Waals surface area contributed by atoms with E-state index in [0.717, 1.165) is 11.4 Å². The maximum absolute atomic E-state index is 5.26. The van der Waals surface area contributed by atoms with E-state index < -0.39 is 0 Å². The number of aryl methyl sites for hydroxylation is 2. The maximum Gasteiger partial charge on any atom is 0.658 e. The molecule has 0 N–H and O–H groups in total. The Bertz CT molecular complexity index is 425. The third-order valence-electron chi connectivity index (χ3n) is 2.14. The van der Waals surface area contributed by atoms with Gasteiger partial charge in [-0.3, -0.25) is 9.97 Å². The highest BCUT2D eigenvalue weighted by Crippen LogP contribution is 2.10. The molecule has 0 bridgehead atoms. The summed E-state index contributed by atoms with van der Waals surface area (Å²) in [5.41, 5.74) is 1.89. The van der Waals surface area contributed by atoms with Crippen LogP contribution in [0.25, 0.3) is 0 Å². The van der Waals surface area contributed by atoms with Crippen LogP contribution >= 0.6 is 0 Å². The molecule has 85 valence electrons. The molecule has 0 saturated heterocycles. The topological polar surface area (TPSA) is 44.2 Å². The Morgan fingerprint density at radius 3 is 1.65 bits per heavy atom. The lowest BCUT2D eigenvalue weighted by molar-refractivity contribution is 0.456. The first-order valence-electron chi connectivity index (χ1n) is 5.24. The molecule has 0 unspecified atom stereocenters. The van der Waals surface area contributed by atoms with Gasteiger partial charge in [0.05, 0.1) is 12.4 Å². The van der Waals surface area contributed by atoms with Crippen LogP contribution in [0.3, 0.4) is 0 Å². The van der Waals surface area contributed by atoms with Gasteiger partial charge in [0.1, 0.15) is 11.5 Å². The average Bonchev–Trinajstić information content (AvgIpc) is 2.34. The molecule has 5 heteroatoms. The lowest BCUT2D eigenvalue weighted by atomic mass is 10.3. The summed E-state index contributed by atoms with van der Waals surface area (Å²) in [6.45, 7) is 3.84. The van der Waals surface area contributed by atoms with Gasteiger partial charge < -0.3 is 9.31 Å². The molecule has 0 amide bonds. The molecule has 2 aromatic heterocycles. The highest BCUT2D eigenvalue weighted by atomic mass is 16.6. The van der Waals surface area contributed by atoms with Crippen molar-refractivity contribution in [3.63, 3.8) is 0 Å². The Labute approximate surface area is 101 Å². The number of nitrogens with zero attached hydrogens (tertiary/aromatic N) is 2. The Morgan fingerprint density at radius 1 is 0.824 bits per heavy atom. The fourth-order valence-electron chi connectivity index (χ4n) is 1.18. The standard InChI is InChI=1S/C12H12BN2O2/c1-9-3-5-11(7-14-9)16-13-17-12-6-4-10(2)15-8-12/h3-8H,1-2H3. The van der Waals surface area contributed by atoms with Gasteiger partial charge >= 0.3 is 7.69 Å². The van der Waals surface area contributed by atoms with E-state index in [1.807, 2.05) is 38.1 Å². The lowest BCUT2D eigenvalue weighted by Crippen LogP contribution is -2.11. The monoisotopic (exact) mass is 227 g/mol. The predicted octanol–water partition coefficient (Wildman–Crippen LogP) is 2.09. The molecule has 0 aliphatic rings. The van der Waals surface area contributed by atoms with Crippen LogP contribution in [0.4, 0.5) is 0 Å².